The smallest absolute Gasteiger partial charge is 0.211 e. The van der Waals surface area contributed by atoms with Gasteiger partial charge in [0.2, 0.25) is 10.0 Å². The maximum absolute atomic E-state index is 13.5. The monoisotopic (exact) mass is 385 g/mol. The van der Waals surface area contributed by atoms with Crippen LogP contribution < -0.4 is 4.72 Å². The van der Waals surface area contributed by atoms with Gasteiger partial charge in [-0.3, -0.25) is 0 Å². The fourth-order valence-corrected chi connectivity index (χ4v) is 4.72. The predicted octanol–water partition coefficient (Wildman–Crippen LogP) is 3.19. The Bertz CT molecular complexity index is 601. The molecule has 0 radical (unpaired) electrons. The van der Waals surface area contributed by atoms with Crippen LogP contribution in [0.4, 0.5) is 13.2 Å². The van der Waals surface area contributed by atoms with Crippen molar-refractivity contribution in [1.29, 1.82) is 0 Å². The van der Waals surface area contributed by atoms with Crippen LogP contribution in [-0.2, 0) is 10.0 Å². The molecule has 1 aliphatic rings. The van der Waals surface area contributed by atoms with Crippen molar-refractivity contribution in [1.82, 2.24) is 4.72 Å². The maximum atomic E-state index is 13.5. The molecule has 2 atom stereocenters. The fraction of sp³-hybridized carbons (Fsp3) is 0.538. The van der Waals surface area contributed by atoms with Crippen molar-refractivity contribution in [2.24, 2.45) is 11.8 Å². The van der Waals surface area contributed by atoms with E-state index in [2.05, 4.69) is 20.7 Å². The van der Waals surface area contributed by atoms with Gasteiger partial charge in [0, 0.05) is 24.0 Å². The molecule has 1 aliphatic carbocycles. The zero-order valence-electron chi connectivity index (χ0n) is 11.1. The molecule has 1 N–H and O–H groups in total. The van der Waals surface area contributed by atoms with Crippen LogP contribution in [0.1, 0.15) is 19.3 Å². The Labute approximate surface area is 130 Å². The van der Waals surface area contributed by atoms with Crippen molar-refractivity contribution < 1.29 is 21.6 Å². The van der Waals surface area contributed by atoms with Gasteiger partial charge in [0.15, 0.2) is 4.90 Å². The second-order valence-electron chi connectivity index (χ2n) is 5.16. The molecule has 0 aliphatic heterocycles. The molecule has 8 heteroatoms. The molecule has 1 fully saturated rings. The van der Waals surface area contributed by atoms with Crippen molar-refractivity contribution in [3.63, 3.8) is 0 Å². The molecule has 0 amide bonds. The number of sulfonamides is 1. The third-order valence-electron chi connectivity index (χ3n) is 3.78. The molecule has 0 spiro atoms. The largest absolute Gasteiger partial charge is 0.246 e. The van der Waals surface area contributed by atoms with Gasteiger partial charge in [-0.05, 0) is 24.7 Å². The summed E-state index contributed by atoms with van der Waals surface area (Å²) in [5.74, 6) is -3.53. The number of halogens is 4. The zero-order chi connectivity index (χ0) is 15.6. The SMILES string of the molecule is O=S(=O)(NCC1CCCC1CBr)c1c(F)cc(F)cc1F. The lowest BCUT2D eigenvalue weighted by Gasteiger charge is -2.18. The Morgan fingerprint density at radius 3 is 2.29 bits per heavy atom. The summed E-state index contributed by atoms with van der Waals surface area (Å²) in [5.41, 5.74) is 0. The highest BCUT2D eigenvalue weighted by Gasteiger charge is 2.30. The van der Waals surface area contributed by atoms with Gasteiger partial charge in [0.05, 0.1) is 0 Å². The van der Waals surface area contributed by atoms with E-state index >= 15 is 0 Å². The Balaban J connectivity index is 2.16. The second-order valence-corrected chi connectivity index (χ2v) is 7.51. The molecular formula is C13H15BrF3NO2S. The molecule has 0 bridgehead atoms. The maximum Gasteiger partial charge on any atom is 0.246 e. The number of rotatable bonds is 5. The minimum atomic E-state index is -4.34. The summed E-state index contributed by atoms with van der Waals surface area (Å²) < 4.78 is 66.2. The summed E-state index contributed by atoms with van der Waals surface area (Å²) in [5, 5.41) is 0.763. The van der Waals surface area contributed by atoms with Crippen LogP contribution >= 0.6 is 15.9 Å². The van der Waals surface area contributed by atoms with E-state index in [1.807, 2.05) is 0 Å². The molecule has 0 aromatic heterocycles. The topological polar surface area (TPSA) is 46.2 Å². The van der Waals surface area contributed by atoms with Gasteiger partial charge in [-0.25, -0.2) is 26.3 Å². The van der Waals surface area contributed by atoms with Gasteiger partial charge in [-0.15, -0.1) is 0 Å². The number of hydrogen-bond donors (Lipinski definition) is 1. The Hall–Kier alpha value is -0.600. The zero-order valence-corrected chi connectivity index (χ0v) is 13.5. The van der Waals surface area contributed by atoms with Gasteiger partial charge in [0.1, 0.15) is 17.5 Å². The summed E-state index contributed by atoms with van der Waals surface area (Å²) in [6.45, 7) is 0.120. The summed E-state index contributed by atoms with van der Waals surface area (Å²) >= 11 is 3.37. The van der Waals surface area contributed by atoms with Gasteiger partial charge in [0.25, 0.3) is 0 Å². The molecular weight excluding hydrogens is 371 g/mol. The van der Waals surface area contributed by atoms with Gasteiger partial charge >= 0.3 is 0 Å². The van der Waals surface area contributed by atoms with E-state index in [-0.39, 0.29) is 12.5 Å². The quantitative estimate of drug-likeness (QED) is 0.791. The summed E-state index contributed by atoms with van der Waals surface area (Å²) in [4.78, 5) is -1.13. The molecule has 21 heavy (non-hydrogen) atoms. The highest BCUT2D eigenvalue weighted by Crippen LogP contribution is 2.32. The lowest BCUT2D eigenvalue weighted by molar-refractivity contribution is 0.420. The first kappa shape index (κ1) is 16.8. The van der Waals surface area contributed by atoms with Gasteiger partial charge in [-0.2, -0.15) is 0 Å². The molecule has 3 nitrogen and oxygen atoms in total. The highest BCUT2D eigenvalue weighted by molar-refractivity contribution is 9.09. The third kappa shape index (κ3) is 3.78. The van der Waals surface area contributed by atoms with Crippen molar-refractivity contribution in [3.05, 3.63) is 29.6 Å². The van der Waals surface area contributed by atoms with Crippen LogP contribution in [0.2, 0.25) is 0 Å². The van der Waals surface area contributed by atoms with Crippen LogP contribution in [0, 0.1) is 29.3 Å². The molecule has 0 heterocycles. The first-order chi connectivity index (χ1) is 9.85. The molecule has 1 aromatic rings. The minimum Gasteiger partial charge on any atom is -0.211 e. The summed E-state index contributed by atoms with van der Waals surface area (Å²) in [6.07, 6.45) is 2.87. The first-order valence-electron chi connectivity index (χ1n) is 6.55. The van der Waals surface area contributed by atoms with E-state index < -0.39 is 32.4 Å². The standard InChI is InChI=1S/C13H15BrF3NO2S/c14-6-8-2-1-3-9(8)7-18-21(19,20)13-11(16)4-10(15)5-12(13)17/h4-5,8-9,18H,1-3,6-7H2. The summed E-state index contributed by atoms with van der Waals surface area (Å²) in [6, 6.07) is 0.711. The van der Waals surface area contributed by atoms with Crippen molar-refractivity contribution in [2.75, 3.05) is 11.9 Å². The average molecular weight is 386 g/mol. The van der Waals surface area contributed by atoms with E-state index in [9.17, 15) is 21.6 Å². The number of hydrogen-bond acceptors (Lipinski definition) is 2. The molecule has 2 unspecified atom stereocenters. The number of benzene rings is 1. The third-order valence-corrected chi connectivity index (χ3v) is 6.09. The van der Waals surface area contributed by atoms with E-state index in [1.165, 1.54) is 0 Å². The lowest BCUT2D eigenvalue weighted by Crippen LogP contribution is -2.32. The molecule has 1 saturated carbocycles. The van der Waals surface area contributed by atoms with Crippen LogP contribution in [0.3, 0.4) is 0 Å². The Morgan fingerprint density at radius 2 is 1.71 bits per heavy atom. The van der Waals surface area contributed by atoms with Crippen molar-refractivity contribution in [3.8, 4) is 0 Å². The molecule has 118 valence electrons. The van der Waals surface area contributed by atoms with E-state index in [1.54, 1.807) is 0 Å². The van der Waals surface area contributed by atoms with Crippen LogP contribution in [0.15, 0.2) is 17.0 Å². The molecule has 2 rings (SSSR count). The van der Waals surface area contributed by atoms with Crippen molar-refractivity contribution >= 4 is 26.0 Å². The van der Waals surface area contributed by atoms with Crippen LogP contribution in [0.25, 0.3) is 0 Å². The number of nitrogens with one attached hydrogen (secondary N) is 1. The predicted molar refractivity (Wildman–Crippen MR) is 76.1 cm³/mol. The van der Waals surface area contributed by atoms with E-state index in [4.69, 9.17) is 0 Å². The highest BCUT2D eigenvalue weighted by atomic mass is 79.9. The van der Waals surface area contributed by atoms with Crippen LogP contribution in [0.5, 0.6) is 0 Å². The Morgan fingerprint density at radius 1 is 1.14 bits per heavy atom. The van der Waals surface area contributed by atoms with Gasteiger partial charge < -0.3 is 0 Å². The normalized spacial score (nSPS) is 22.7. The van der Waals surface area contributed by atoms with E-state index in [0.29, 0.717) is 18.1 Å². The van der Waals surface area contributed by atoms with Crippen molar-refractivity contribution in [2.45, 2.75) is 24.2 Å². The fourth-order valence-electron chi connectivity index (χ4n) is 2.66. The Kier molecular flexibility index (Phi) is 5.32. The molecule has 0 saturated heterocycles. The lowest BCUT2D eigenvalue weighted by atomic mass is 9.99. The first-order valence-corrected chi connectivity index (χ1v) is 9.16. The molecule has 1 aromatic carbocycles. The summed E-state index contributed by atoms with van der Waals surface area (Å²) in [7, 11) is -4.34. The average Bonchev–Trinajstić information content (AvgIpc) is 2.82. The van der Waals surface area contributed by atoms with Crippen LogP contribution in [-0.4, -0.2) is 20.3 Å². The van der Waals surface area contributed by atoms with Gasteiger partial charge in [-0.1, -0.05) is 22.4 Å². The minimum absolute atomic E-state index is 0.120. The van der Waals surface area contributed by atoms with E-state index in [0.717, 1.165) is 24.6 Å². The second kappa shape index (κ2) is 6.66. The number of alkyl halides is 1.